The van der Waals surface area contributed by atoms with Crippen molar-refractivity contribution >= 4 is 34.4 Å². The highest BCUT2D eigenvalue weighted by Crippen LogP contribution is 2.33. The average Bonchev–Trinajstić information content (AvgIpc) is 3.42. The third-order valence-electron chi connectivity index (χ3n) is 5.58. The Balaban J connectivity index is 1.57. The summed E-state index contributed by atoms with van der Waals surface area (Å²) >= 11 is 6.27. The van der Waals surface area contributed by atoms with E-state index in [1.807, 2.05) is 54.6 Å². The van der Waals surface area contributed by atoms with E-state index in [2.05, 4.69) is 15.2 Å². The lowest BCUT2D eigenvalue weighted by Crippen LogP contribution is -2.26. The Bertz CT molecular complexity index is 1200. The van der Waals surface area contributed by atoms with Crippen LogP contribution in [0.5, 0.6) is 0 Å². The number of nitrogen functional groups attached to an aromatic ring is 1. The van der Waals surface area contributed by atoms with Crippen LogP contribution in [0, 0.1) is 0 Å². The van der Waals surface area contributed by atoms with Crippen molar-refractivity contribution in [3.8, 4) is 16.9 Å². The second kappa shape index (κ2) is 8.53. The van der Waals surface area contributed by atoms with Crippen LogP contribution < -0.4 is 11.1 Å². The number of hydrogen-bond acceptors (Lipinski definition) is 6. The van der Waals surface area contributed by atoms with E-state index in [0.29, 0.717) is 22.4 Å². The van der Waals surface area contributed by atoms with Gasteiger partial charge in [-0.25, -0.2) is 9.67 Å². The smallest absolute Gasteiger partial charge is 0.225 e. The summed E-state index contributed by atoms with van der Waals surface area (Å²) in [7, 11) is 0. The zero-order chi connectivity index (χ0) is 21.2. The first-order valence-electron chi connectivity index (χ1n) is 10.5. The molecule has 2 aromatic heterocycles. The molecule has 7 nitrogen and oxygen atoms in total. The van der Waals surface area contributed by atoms with Crippen LogP contribution in [0.25, 0.3) is 28.0 Å². The van der Waals surface area contributed by atoms with Crippen LogP contribution >= 0.6 is 11.6 Å². The summed E-state index contributed by atoms with van der Waals surface area (Å²) in [6, 6.07) is 17.4. The number of aromatic nitrogens is 4. The number of nitrogens with two attached hydrogens (primary N) is 1. The highest BCUT2D eigenvalue weighted by molar-refractivity contribution is 6.30. The molecule has 0 bridgehead atoms. The van der Waals surface area contributed by atoms with Gasteiger partial charge in [0, 0.05) is 23.7 Å². The molecule has 31 heavy (non-hydrogen) atoms. The number of nitrogens with zero attached hydrogens (tertiary/aromatic N) is 5. The van der Waals surface area contributed by atoms with Gasteiger partial charge in [-0.05, 0) is 50.2 Å². The summed E-state index contributed by atoms with van der Waals surface area (Å²) < 4.78 is 1.71. The van der Waals surface area contributed by atoms with E-state index in [0.717, 1.165) is 48.5 Å². The zero-order valence-corrected chi connectivity index (χ0v) is 17.9. The van der Waals surface area contributed by atoms with Gasteiger partial charge in [0.15, 0.2) is 5.65 Å². The van der Waals surface area contributed by atoms with Crippen LogP contribution in [-0.4, -0.2) is 50.8 Å². The molecule has 158 valence electrons. The van der Waals surface area contributed by atoms with Gasteiger partial charge >= 0.3 is 0 Å². The molecule has 1 aliphatic rings. The Morgan fingerprint density at radius 1 is 1.00 bits per heavy atom. The Hall–Kier alpha value is -3.16. The SMILES string of the molecule is Nc1c2c(-c3cccc(Cl)c3)nc(NCCN3CCCC3)nc2nn1-c1ccccc1. The molecule has 1 saturated heterocycles. The van der Waals surface area contributed by atoms with Gasteiger partial charge in [0.25, 0.3) is 0 Å². The number of benzene rings is 2. The number of likely N-dealkylation sites (tertiary alicyclic amines) is 1. The monoisotopic (exact) mass is 433 g/mol. The molecule has 0 radical (unpaired) electrons. The van der Waals surface area contributed by atoms with Crippen LogP contribution in [0.3, 0.4) is 0 Å². The first-order valence-corrected chi connectivity index (χ1v) is 10.9. The molecule has 1 aliphatic heterocycles. The molecular formula is C23H24ClN7. The van der Waals surface area contributed by atoms with Crippen LogP contribution in [0.15, 0.2) is 54.6 Å². The van der Waals surface area contributed by atoms with Crippen LogP contribution in [0.1, 0.15) is 12.8 Å². The molecule has 0 atom stereocenters. The Morgan fingerprint density at radius 3 is 2.58 bits per heavy atom. The number of fused-ring (bicyclic) bond motifs is 1. The minimum atomic E-state index is 0.500. The fourth-order valence-electron chi connectivity index (χ4n) is 4.03. The van der Waals surface area contributed by atoms with E-state index in [1.54, 1.807) is 4.68 Å². The lowest BCUT2D eigenvalue weighted by molar-refractivity contribution is 0.352. The maximum absolute atomic E-state index is 6.54. The third-order valence-corrected chi connectivity index (χ3v) is 5.81. The average molecular weight is 434 g/mol. The van der Waals surface area contributed by atoms with Gasteiger partial charge in [-0.3, -0.25) is 0 Å². The second-order valence-electron chi connectivity index (χ2n) is 7.71. The molecule has 0 aliphatic carbocycles. The summed E-state index contributed by atoms with van der Waals surface area (Å²) in [6.07, 6.45) is 2.55. The minimum absolute atomic E-state index is 0.500. The maximum atomic E-state index is 6.54. The molecule has 0 unspecified atom stereocenters. The number of rotatable bonds is 6. The lowest BCUT2D eigenvalue weighted by Gasteiger charge is -2.15. The Kier molecular flexibility index (Phi) is 5.44. The summed E-state index contributed by atoms with van der Waals surface area (Å²) in [5.74, 6) is 1.04. The van der Waals surface area contributed by atoms with Gasteiger partial charge in [-0.15, -0.1) is 5.10 Å². The normalized spacial score (nSPS) is 14.4. The molecule has 8 heteroatoms. The van der Waals surface area contributed by atoms with Crippen LogP contribution in [0.4, 0.5) is 11.8 Å². The summed E-state index contributed by atoms with van der Waals surface area (Å²) in [6.45, 7) is 4.06. The lowest BCUT2D eigenvalue weighted by atomic mass is 10.1. The summed E-state index contributed by atoms with van der Waals surface area (Å²) in [4.78, 5) is 11.9. The standard InChI is InChI=1S/C23H24ClN7/c24-17-8-6-7-16(15-17)20-19-21(25)31(18-9-2-1-3-10-18)29-22(19)28-23(27-20)26-11-14-30-12-4-5-13-30/h1-3,6-10,15H,4-5,11-14,25H2,(H,26,28,29). The molecule has 5 rings (SSSR count). The van der Waals surface area contributed by atoms with Gasteiger partial charge in [0.1, 0.15) is 5.82 Å². The van der Waals surface area contributed by atoms with E-state index in [1.165, 1.54) is 12.8 Å². The molecule has 1 fully saturated rings. The van der Waals surface area contributed by atoms with Crippen LogP contribution in [0.2, 0.25) is 5.02 Å². The van der Waals surface area contributed by atoms with Crippen molar-refractivity contribution in [1.29, 1.82) is 0 Å². The molecule has 3 N–H and O–H groups in total. The molecule has 0 saturated carbocycles. The first-order chi connectivity index (χ1) is 15.2. The highest BCUT2D eigenvalue weighted by atomic mass is 35.5. The fraction of sp³-hybridized carbons (Fsp3) is 0.261. The number of anilines is 2. The van der Waals surface area contributed by atoms with Crippen molar-refractivity contribution in [3.63, 3.8) is 0 Å². The van der Waals surface area contributed by atoms with Crippen molar-refractivity contribution in [1.82, 2.24) is 24.6 Å². The molecular weight excluding hydrogens is 410 g/mol. The molecule has 4 aromatic rings. The largest absolute Gasteiger partial charge is 0.383 e. The van der Waals surface area contributed by atoms with Gasteiger partial charge in [0.2, 0.25) is 5.95 Å². The maximum Gasteiger partial charge on any atom is 0.225 e. The number of nitrogens with one attached hydrogen (secondary N) is 1. The van der Waals surface area contributed by atoms with Crippen LogP contribution in [-0.2, 0) is 0 Å². The minimum Gasteiger partial charge on any atom is -0.383 e. The quantitative estimate of drug-likeness (QED) is 0.473. The summed E-state index contributed by atoms with van der Waals surface area (Å²) in [5.41, 5.74) is 9.56. The van der Waals surface area contributed by atoms with Crippen molar-refractivity contribution < 1.29 is 0 Å². The molecule has 0 amide bonds. The van der Waals surface area contributed by atoms with Gasteiger partial charge < -0.3 is 16.0 Å². The van der Waals surface area contributed by atoms with Crippen molar-refractivity contribution in [2.45, 2.75) is 12.8 Å². The van der Waals surface area contributed by atoms with Crippen molar-refractivity contribution in [2.75, 3.05) is 37.2 Å². The topological polar surface area (TPSA) is 84.9 Å². The predicted molar refractivity (Wildman–Crippen MR) is 126 cm³/mol. The van der Waals surface area contributed by atoms with E-state index < -0.39 is 0 Å². The molecule has 3 heterocycles. The first kappa shape index (κ1) is 19.8. The van der Waals surface area contributed by atoms with Gasteiger partial charge in [-0.2, -0.15) is 4.98 Å². The number of hydrogen-bond donors (Lipinski definition) is 2. The molecule has 0 spiro atoms. The number of halogens is 1. The van der Waals surface area contributed by atoms with E-state index in [-0.39, 0.29) is 0 Å². The fourth-order valence-corrected chi connectivity index (χ4v) is 4.22. The van der Waals surface area contributed by atoms with E-state index in [9.17, 15) is 0 Å². The molecule has 2 aromatic carbocycles. The van der Waals surface area contributed by atoms with Crippen molar-refractivity contribution in [2.24, 2.45) is 0 Å². The summed E-state index contributed by atoms with van der Waals surface area (Å²) in [5, 5.41) is 9.42. The van der Waals surface area contributed by atoms with Crippen molar-refractivity contribution in [3.05, 3.63) is 59.6 Å². The Morgan fingerprint density at radius 2 is 1.81 bits per heavy atom. The highest BCUT2D eigenvalue weighted by Gasteiger charge is 2.19. The second-order valence-corrected chi connectivity index (χ2v) is 8.15. The van der Waals surface area contributed by atoms with E-state index in [4.69, 9.17) is 27.4 Å². The number of para-hydroxylation sites is 1. The third kappa shape index (κ3) is 4.06. The van der Waals surface area contributed by atoms with E-state index >= 15 is 0 Å². The van der Waals surface area contributed by atoms with Gasteiger partial charge in [0.05, 0.1) is 16.8 Å². The predicted octanol–water partition coefficient (Wildman–Crippen LogP) is 4.23. The Labute approximate surface area is 185 Å². The zero-order valence-electron chi connectivity index (χ0n) is 17.1. The van der Waals surface area contributed by atoms with Gasteiger partial charge in [-0.1, -0.05) is 41.9 Å².